The van der Waals surface area contributed by atoms with Gasteiger partial charge in [-0.2, -0.15) is 0 Å². The highest BCUT2D eigenvalue weighted by Gasteiger charge is 2.17. The van der Waals surface area contributed by atoms with Gasteiger partial charge >= 0.3 is 0 Å². The standard InChI is InChI=1S/C15H23FN2/c1-12-5-6-15(16)13(10-12)11-18(2)14-4-3-8-17-9-7-14/h5-6,10,14,17H,3-4,7-9,11H2,1-2H3. The van der Waals surface area contributed by atoms with E-state index in [9.17, 15) is 4.39 Å². The summed E-state index contributed by atoms with van der Waals surface area (Å²) in [5, 5.41) is 3.42. The highest BCUT2D eigenvalue weighted by Crippen LogP contribution is 2.17. The molecule has 0 saturated carbocycles. The van der Waals surface area contributed by atoms with Crippen LogP contribution in [-0.2, 0) is 6.54 Å². The lowest BCUT2D eigenvalue weighted by Crippen LogP contribution is -2.32. The zero-order valence-corrected chi connectivity index (χ0v) is 11.4. The molecule has 100 valence electrons. The van der Waals surface area contributed by atoms with Gasteiger partial charge < -0.3 is 5.32 Å². The van der Waals surface area contributed by atoms with Gasteiger partial charge in [-0.25, -0.2) is 4.39 Å². The molecule has 18 heavy (non-hydrogen) atoms. The Morgan fingerprint density at radius 3 is 3.00 bits per heavy atom. The van der Waals surface area contributed by atoms with Crippen molar-refractivity contribution in [1.82, 2.24) is 10.2 Å². The molecule has 1 atom stereocenters. The first-order valence-corrected chi connectivity index (χ1v) is 6.83. The van der Waals surface area contributed by atoms with Crippen LogP contribution in [0.3, 0.4) is 0 Å². The molecule has 0 aliphatic carbocycles. The first-order valence-electron chi connectivity index (χ1n) is 6.83. The molecule has 1 aromatic rings. The van der Waals surface area contributed by atoms with Crippen LogP contribution in [0.2, 0.25) is 0 Å². The van der Waals surface area contributed by atoms with Gasteiger partial charge in [0.15, 0.2) is 0 Å². The maximum atomic E-state index is 13.7. The van der Waals surface area contributed by atoms with Gasteiger partial charge in [-0.05, 0) is 52.4 Å². The summed E-state index contributed by atoms with van der Waals surface area (Å²) >= 11 is 0. The Morgan fingerprint density at radius 2 is 2.17 bits per heavy atom. The molecule has 0 radical (unpaired) electrons. The van der Waals surface area contributed by atoms with Crippen molar-refractivity contribution in [2.45, 2.75) is 38.8 Å². The van der Waals surface area contributed by atoms with Crippen LogP contribution in [0.4, 0.5) is 4.39 Å². The molecule has 1 unspecified atom stereocenters. The van der Waals surface area contributed by atoms with Crippen LogP contribution in [0.1, 0.15) is 30.4 Å². The topological polar surface area (TPSA) is 15.3 Å². The van der Waals surface area contributed by atoms with E-state index in [4.69, 9.17) is 0 Å². The van der Waals surface area contributed by atoms with Crippen molar-refractivity contribution < 1.29 is 4.39 Å². The second-order valence-corrected chi connectivity index (χ2v) is 5.34. The van der Waals surface area contributed by atoms with E-state index >= 15 is 0 Å². The summed E-state index contributed by atoms with van der Waals surface area (Å²) in [6, 6.07) is 5.93. The van der Waals surface area contributed by atoms with Crippen LogP contribution in [-0.4, -0.2) is 31.1 Å². The Bertz CT molecular complexity index is 384. The number of halogens is 1. The van der Waals surface area contributed by atoms with E-state index in [1.165, 1.54) is 12.8 Å². The molecule has 2 nitrogen and oxygen atoms in total. The Labute approximate surface area is 109 Å². The Morgan fingerprint density at radius 1 is 1.33 bits per heavy atom. The van der Waals surface area contributed by atoms with Gasteiger partial charge in [-0.3, -0.25) is 4.90 Å². The first-order chi connectivity index (χ1) is 8.66. The highest BCUT2D eigenvalue weighted by atomic mass is 19.1. The SMILES string of the molecule is Cc1ccc(F)c(CN(C)C2CCCNCC2)c1. The zero-order chi connectivity index (χ0) is 13.0. The fraction of sp³-hybridized carbons (Fsp3) is 0.600. The molecule has 3 heteroatoms. The second-order valence-electron chi connectivity index (χ2n) is 5.34. The Kier molecular flexibility index (Phi) is 4.72. The molecule has 1 saturated heterocycles. The zero-order valence-electron chi connectivity index (χ0n) is 11.4. The van der Waals surface area contributed by atoms with Gasteiger partial charge in [0.05, 0.1) is 0 Å². The third-order valence-electron chi connectivity index (χ3n) is 3.79. The average molecular weight is 250 g/mol. The molecule has 1 aromatic carbocycles. The van der Waals surface area contributed by atoms with E-state index in [0.29, 0.717) is 12.6 Å². The van der Waals surface area contributed by atoms with E-state index < -0.39 is 0 Å². The van der Waals surface area contributed by atoms with Crippen LogP contribution in [0.15, 0.2) is 18.2 Å². The van der Waals surface area contributed by atoms with E-state index in [1.807, 2.05) is 19.1 Å². The minimum absolute atomic E-state index is 0.0841. The predicted octanol–water partition coefficient (Wildman–Crippen LogP) is 2.71. The third-order valence-corrected chi connectivity index (χ3v) is 3.79. The predicted molar refractivity (Wildman–Crippen MR) is 73.1 cm³/mol. The van der Waals surface area contributed by atoms with Crippen LogP contribution >= 0.6 is 0 Å². The largest absolute Gasteiger partial charge is 0.317 e. The number of nitrogens with one attached hydrogen (secondary N) is 1. The van der Waals surface area contributed by atoms with Crippen molar-refractivity contribution in [1.29, 1.82) is 0 Å². The third kappa shape index (κ3) is 3.53. The van der Waals surface area contributed by atoms with Crippen LogP contribution in [0, 0.1) is 12.7 Å². The summed E-state index contributed by atoms with van der Waals surface area (Å²) in [4.78, 5) is 2.30. The van der Waals surface area contributed by atoms with Crippen LogP contribution in [0.5, 0.6) is 0 Å². The molecule has 2 rings (SSSR count). The molecule has 0 amide bonds. The lowest BCUT2D eigenvalue weighted by molar-refractivity contribution is 0.214. The van der Waals surface area contributed by atoms with Crippen molar-refractivity contribution in [3.8, 4) is 0 Å². The van der Waals surface area contributed by atoms with Crippen molar-refractivity contribution in [3.05, 3.63) is 35.1 Å². The number of nitrogens with zero attached hydrogens (tertiary/aromatic N) is 1. The fourth-order valence-corrected chi connectivity index (χ4v) is 2.66. The van der Waals surface area contributed by atoms with Gasteiger partial charge in [0.1, 0.15) is 5.82 Å². The quantitative estimate of drug-likeness (QED) is 0.887. The molecule has 0 bridgehead atoms. The molecular weight excluding hydrogens is 227 g/mol. The first kappa shape index (κ1) is 13.5. The van der Waals surface area contributed by atoms with Gasteiger partial charge in [-0.1, -0.05) is 17.7 Å². The summed E-state index contributed by atoms with van der Waals surface area (Å²) in [6.07, 6.45) is 3.58. The van der Waals surface area contributed by atoms with Gasteiger partial charge in [0.25, 0.3) is 0 Å². The maximum Gasteiger partial charge on any atom is 0.127 e. The molecule has 1 heterocycles. The molecule has 1 aliphatic heterocycles. The fourth-order valence-electron chi connectivity index (χ4n) is 2.66. The van der Waals surface area contributed by atoms with E-state index in [0.717, 1.165) is 30.6 Å². The van der Waals surface area contributed by atoms with Crippen LogP contribution < -0.4 is 5.32 Å². The summed E-state index contributed by atoms with van der Waals surface area (Å²) < 4.78 is 13.7. The van der Waals surface area contributed by atoms with E-state index in [-0.39, 0.29) is 5.82 Å². The van der Waals surface area contributed by atoms with Crippen molar-refractivity contribution in [2.24, 2.45) is 0 Å². The Balaban J connectivity index is 2.00. The minimum Gasteiger partial charge on any atom is -0.317 e. The van der Waals surface area contributed by atoms with Crippen molar-refractivity contribution >= 4 is 0 Å². The van der Waals surface area contributed by atoms with E-state index in [1.54, 1.807) is 6.07 Å². The molecule has 1 fully saturated rings. The highest BCUT2D eigenvalue weighted by molar-refractivity contribution is 5.24. The average Bonchev–Trinajstić information content (AvgIpc) is 2.62. The molecular formula is C15H23FN2. The van der Waals surface area contributed by atoms with Crippen molar-refractivity contribution in [3.63, 3.8) is 0 Å². The second kappa shape index (κ2) is 6.30. The summed E-state index contributed by atoms with van der Waals surface area (Å²) in [7, 11) is 2.11. The summed E-state index contributed by atoms with van der Waals surface area (Å²) in [5.74, 6) is -0.0841. The smallest absolute Gasteiger partial charge is 0.127 e. The number of hydrogen-bond acceptors (Lipinski definition) is 2. The lowest BCUT2D eigenvalue weighted by atomic mass is 10.1. The van der Waals surface area contributed by atoms with Gasteiger partial charge in [0.2, 0.25) is 0 Å². The molecule has 0 aromatic heterocycles. The van der Waals surface area contributed by atoms with Gasteiger partial charge in [-0.15, -0.1) is 0 Å². The maximum absolute atomic E-state index is 13.7. The Hall–Kier alpha value is -0.930. The normalized spacial score (nSPS) is 21.0. The molecule has 0 spiro atoms. The number of hydrogen-bond donors (Lipinski definition) is 1. The molecule has 1 aliphatic rings. The summed E-state index contributed by atoms with van der Waals surface area (Å²) in [6.45, 7) is 4.91. The van der Waals surface area contributed by atoms with Crippen LogP contribution in [0.25, 0.3) is 0 Å². The van der Waals surface area contributed by atoms with Gasteiger partial charge in [0, 0.05) is 18.2 Å². The van der Waals surface area contributed by atoms with Crippen molar-refractivity contribution in [2.75, 3.05) is 20.1 Å². The molecule has 1 N–H and O–H groups in total. The monoisotopic (exact) mass is 250 g/mol. The van der Waals surface area contributed by atoms with E-state index in [2.05, 4.69) is 17.3 Å². The summed E-state index contributed by atoms with van der Waals surface area (Å²) in [5.41, 5.74) is 1.94. The number of aryl methyl sites for hydroxylation is 1. The number of benzene rings is 1. The minimum atomic E-state index is -0.0841. The number of rotatable bonds is 3. The lowest BCUT2D eigenvalue weighted by Gasteiger charge is -2.27.